The first-order valence-corrected chi connectivity index (χ1v) is 7.45. The number of carbonyl (C=O) groups excluding carboxylic acids is 2. The van der Waals surface area contributed by atoms with Gasteiger partial charge in [-0.05, 0) is 36.8 Å². The van der Waals surface area contributed by atoms with Crippen molar-refractivity contribution in [2.24, 2.45) is 0 Å². The van der Waals surface area contributed by atoms with Gasteiger partial charge in [0.25, 0.3) is 11.6 Å². The second-order valence-electron chi connectivity index (χ2n) is 5.14. The molecule has 0 aliphatic rings. The van der Waals surface area contributed by atoms with E-state index in [0.29, 0.717) is 23.4 Å². The lowest BCUT2D eigenvalue weighted by Crippen LogP contribution is -2.13. The molecule has 2 N–H and O–H groups in total. The predicted molar refractivity (Wildman–Crippen MR) is 91.0 cm³/mol. The first-order valence-electron chi connectivity index (χ1n) is 7.45. The summed E-state index contributed by atoms with van der Waals surface area (Å²) in [7, 11) is 0. The number of rotatable bonds is 6. The van der Waals surface area contributed by atoms with Crippen molar-refractivity contribution in [2.75, 3.05) is 10.6 Å². The minimum Gasteiger partial charge on any atom is -0.326 e. The van der Waals surface area contributed by atoms with Gasteiger partial charge in [-0.25, -0.2) is 0 Å². The van der Waals surface area contributed by atoms with Gasteiger partial charge >= 0.3 is 0 Å². The van der Waals surface area contributed by atoms with E-state index in [0.717, 1.165) is 6.42 Å². The smallest absolute Gasteiger partial charge is 0.269 e. The zero-order valence-electron chi connectivity index (χ0n) is 13.1. The van der Waals surface area contributed by atoms with E-state index in [9.17, 15) is 19.7 Å². The highest BCUT2D eigenvalue weighted by molar-refractivity contribution is 6.04. The number of nitro groups is 1. The van der Waals surface area contributed by atoms with Crippen LogP contribution in [0.2, 0.25) is 0 Å². The summed E-state index contributed by atoms with van der Waals surface area (Å²) in [6.07, 6.45) is 1.18. The van der Waals surface area contributed by atoms with Crippen LogP contribution in [0.3, 0.4) is 0 Å². The Morgan fingerprint density at radius 1 is 1.04 bits per heavy atom. The highest BCUT2D eigenvalue weighted by Crippen LogP contribution is 2.17. The molecule has 7 heteroatoms. The zero-order chi connectivity index (χ0) is 17.5. The molecule has 0 fully saturated rings. The third-order valence-electron chi connectivity index (χ3n) is 3.22. The Hall–Kier alpha value is -3.22. The molecule has 24 heavy (non-hydrogen) atoms. The van der Waals surface area contributed by atoms with Crippen molar-refractivity contribution in [3.63, 3.8) is 0 Å². The fourth-order valence-electron chi connectivity index (χ4n) is 2.06. The quantitative estimate of drug-likeness (QED) is 0.625. The van der Waals surface area contributed by atoms with E-state index >= 15 is 0 Å². The summed E-state index contributed by atoms with van der Waals surface area (Å²) in [5.41, 5.74) is 1.34. The lowest BCUT2D eigenvalue weighted by atomic mass is 10.2. The van der Waals surface area contributed by atoms with Crippen molar-refractivity contribution < 1.29 is 14.5 Å². The Balaban J connectivity index is 2.06. The molecule has 0 aliphatic carbocycles. The van der Waals surface area contributed by atoms with Gasteiger partial charge in [0.15, 0.2) is 0 Å². The van der Waals surface area contributed by atoms with Crippen molar-refractivity contribution in [1.29, 1.82) is 0 Å². The van der Waals surface area contributed by atoms with Gasteiger partial charge in [0.1, 0.15) is 0 Å². The molecule has 7 nitrogen and oxygen atoms in total. The van der Waals surface area contributed by atoms with Crippen LogP contribution in [0.25, 0.3) is 0 Å². The molecule has 2 aromatic carbocycles. The predicted octanol–water partition coefficient (Wildman–Crippen LogP) is 3.59. The van der Waals surface area contributed by atoms with E-state index in [1.807, 2.05) is 6.92 Å². The number of nitrogens with one attached hydrogen (secondary N) is 2. The Labute approximate surface area is 138 Å². The SMILES string of the molecule is CCCC(=O)Nc1cccc(NC(=O)c2ccc([N+](=O)[O-])cc2)c1. The maximum Gasteiger partial charge on any atom is 0.269 e. The monoisotopic (exact) mass is 327 g/mol. The molecule has 0 saturated carbocycles. The van der Waals surface area contributed by atoms with E-state index in [2.05, 4.69) is 10.6 Å². The Morgan fingerprint density at radius 3 is 2.25 bits per heavy atom. The second kappa shape index (κ2) is 7.87. The number of nitrogens with zero attached hydrogens (tertiary/aromatic N) is 1. The molecular formula is C17H17N3O4. The molecule has 0 bridgehead atoms. The molecule has 2 aromatic rings. The number of hydrogen-bond donors (Lipinski definition) is 2. The van der Waals surface area contributed by atoms with Gasteiger partial charge < -0.3 is 10.6 Å². The summed E-state index contributed by atoms with van der Waals surface area (Å²) in [4.78, 5) is 33.9. The molecule has 2 amide bonds. The van der Waals surface area contributed by atoms with E-state index in [1.54, 1.807) is 24.3 Å². The molecule has 0 aromatic heterocycles. The summed E-state index contributed by atoms with van der Waals surface area (Å²) in [5, 5.41) is 16.1. The van der Waals surface area contributed by atoms with Crippen LogP contribution in [0.15, 0.2) is 48.5 Å². The molecular weight excluding hydrogens is 310 g/mol. The van der Waals surface area contributed by atoms with E-state index < -0.39 is 4.92 Å². The van der Waals surface area contributed by atoms with Crippen LogP contribution in [0.1, 0.15) is 30.1 Å². The number of carbonyl (C=O) groups is 2. The van der Waals surface area contributed by atoms with Crippen molar-refractivity contribution >= 4 is 28.9 Å². The Kier molecular flexibility index (Phi) is 5.62. The van der Waals surface area contributed by atoms with Crippen LogP contribution >= 0.6 is 0 Å². The molecule has 2 rings (SSSR count). The molecule has 0 saturated heterocycles. The van der Waals surface area contributed by atoms with Gasteiger partial charge in [-0.15, -0.1) is 0 Å². The summed E-state index contributed by atoms with van der Waals surface area (Å²) in [6.45, 7) is 1.92. The number of nitro benzene ring substituents is 1. The van der Waals surface area contributed by atoms with Gasteiger partial charge in [0.2, 0.25) is 5.91 Å². The molecule has 0 aliphatic heterocycles. The maximum absolute atomic E-state index is 12.2. The van der Waals surface area contributed by atoms with Crippen LogP contribution in [-0.4, -0.2) is 16.7 Å². The molecule has 0 unspecified atom stereocenters. The Bertz CT molecular complexity index is 757. The third kappa shape index (κ3) is 4.64. The number of anilines is 2. The number of benzene rings is 2. The largest absolute Gasteiger partial charge is 0.326 e. The molecule has 0 atom stereocenters. The topological polar surface area (TPSA) is 101 Å². The highest BCUT2D eigenvalue weighted by atomic mass is 16.6. The van der Waals surface area contributed by atoms with Gasteiger partial charge in [-0.1, -0.05) is 13.0 Å². The lowest BCUT2D eigenvalue weighted by Gasteiger charge is -2.08. The second-order valence-corrected chi connectivity index (χ2v) is 5.14. The van der Waals surface area contributed by atoms with Crippen molar-refractivity contribution in [1.82, 2.24) is 0 Å². The van der Waals surface area contributed by atoms with Gasteiger partial charge in [0, 0.05) is 35.5 Å². The van der Waals surface area contributed by atoms with Crippen LogP contribution in [0.5, 0.6) is 0 Å². The maximum atomic E-state index is 12.2. The number of non-ortho nitro benzene ring substituents is 1. The summed E-state index contributed by atoms with van der Waals surface area (Å²) < 4.78 is 0. The highest BCUT2D eigenvalue weighted by Gasteiger charge is 2.10. The molecule has 0 radical (unpaired) electrons. The summed E-state index contributed by atoms with van der Waals surface area (Å²) in [5.74, 6) is -0.474. The van der Waals surface area contributed by atoms with Crippen LogP contribution in [0.4, 0.5) is 17.1 Å². The molecule has 0 heterocycles. The van der Waals surface area contributed by atoms with Gasteiger partial charge in [-0.2, -0.15) is 0 Å². The average molecular weight is 327 g/mol. The molecule has 124 valence electrons. The summed E-state index contributed by atoms with van der Waals surface area (Å²) in [6, 6.07) is 12.1. The Morgan fingerprint density at radius 2 is 1.67 bits per heavy atom. The van der Waals surface area contributed by atoms with Crippen molar-refractivity contribution in [3.05, 3.63) is 64.2 Å². The average Bonchev–Trinajstić information content (AvgIpc) is 2.55. The fourth-order valence-corrected chi connectivity index (χ4v) is 2.06. The minimum absolute atomic E-state index is 0.0767. The zero-order valence-corrected chi connectivity index (χ0v) is 13.1. The fraction of sp³-hybridized carbons (Fsp3) is 0.176. The minimum atomic E-state index is -0.524. The summed E-state index contributed by atoms with van der Waals surface area (Å²) >= 11 is 0. The van der Waals surface area contributed by atoms with Crippen LogP contribution < -0.4 is 10.6 Å². The van der Waals surface area contributed by atoms with E-state index in [-0.39, 0.29) is 17.5 Å². The van der Waals surface area contributed by atoms with E-state index in [1.165, 1.54) is 24.3 Å². The normalized spacial score (nSPS) is 10.0. The van der Waals surface area contributed by atoms with Gasteiger partial charge in [0.05, 0.1) is 4.92 Å². The van der Waals surface area contributed by atoms with Gasteiger partial charge in [-0.3, -0.25) is 19.7 Å². The first-order chi connectivity index (χ1) is 11.5. The lowest BCUT2D eigenvalue weighted by molar-refractivity contribution is -0.384. The number of amides is 2. The van der Waals surface area contributed by atoms with Crippen molar-refractivity contribution in [3.8, 4) is 0 Å². The van der Waals surface area contributed by atoms with Crippen LogP contribution in [0, 0.1) is 10.1 Å². The van der Waals surface area contributed by atoms with E-state index in [4.69, 9.17) is 0 Å². The number of hydrogen-bond acceptors (Lipinski definition) is 4. The standard InChI is InChI=1S/C17H17N3O4/c1-2-4-16(21)18-13-5-3-6-14(11-13)19-17(22)12-7-9-15(10-8-12)20(23)24/h3,5-11H,2,4H2,1H3,(H,18,21)(H,19,22). The van der Waals surface area contributed by atoms with Crippen molar-refractivity contribution in [2.45, 2.75) is 19.8 Å². The first kappa shape index (κ1) is 17.1. The van der Waals surface area contributed by atoms with Crippen LogP contribution in [-0.2, 0) is 4.79 Å². The third-order valence-corrected chi connectivity index (χ3v) is 3.22. The molecule has 0 spiro atoms.